The van der Waals surface area contributed by atoms with Crippen LogP contribution in [-0.4, -0.2) is 57.6 Å². The van der Waals surface area contributed by atoms with Crippen LogP contribution < -0.4 is 14.4 Å². The molecule has 0 fully saturated rings. The molecule has 0 aromatic heterocycles. The monoisotopic (exact) mass is 489 g/mol. The maximum Gasteiger partial charge on any atom is 0.242 e. The molecule has 2 amide bonds. The van der Waals surface area contributed by atoms with Crippen molar-refractivity contribution in [2.24, 2.45) is 0 Å². The van der Waals surface area contributed by atoms with Crippen molar-refractivity contribution in [3.63, 3.8) is 0 Å². The topological polar surface area (TPSA) is 96.0 Å². The van der Waals surface area contributed by atoms with Gasteiger partial charge in [0.15, 0.2) is 0 Å². The fourth-order valence-corrected chi connectivity index (χ4v) is 4.64. The highest BCUT2D eigenvalue weighted by Crippen LogP contribution is 2.24. The minimum Gasteiger partial charge on any atom is -0.497 e. The lowest BCUT2D eigenvalue weighted by molar-refractivity contribution is -0.140. The van der Waals surface area contributed by atoms with Gasteiger partial charge in [0, 0.05) is 32.1 Å². The van der Waals surface area contributed by atoms with Crippen molar-refractivity contribution in [2.45, 2.75) is 46.2 Å². The maximum atomic E-state index is 13.2. The second kappa shape index (κ2) is 12.4. The molecule has 2 aromatic carbocycles. The Hall–Kier alpha value is -3.07. The third-order valence-corrected chi connectivity index (χ3v) is 6.64. The summed E-state index contributed by atoms with van der Waals surface area (Å²) in [5.41, 5.74) is 2.47. The number of sulfonamides is 1. The molecule has 2 rings (SSSR count). The Kier molecular flexibility index (Phi) is 9.92. The number of carbonyl (C=O) groups excluding carboxylic acids is 2. The standard InChI is InChI=1S/C25H35N3O5S/c1-6-26-25(30)20(3)27(18-21-11-7-10-19(2)16-21)24(29)14-9-15-28(34(5,31)32)22-12-8-13-23(17-22)33-4/h7-8,10-13,16-17,20H,6,9,14-15,18H2,1-5H3,(H,26,30)/t20-/m0/s1. The van der Waals surface area contributed by atoms with Crippen LogP contribution in [0.4, 0.5) is 5.69 Å². The number of anilines is 1. The molecule has 0 spiro atoms. The molecule has 1 atom stereocenters. The predicted molar refractivity (Wildman–Crippen MR) is 134 cm³/mol. The Bertz CT molecular complexity index is 1090. The Balaban J connectivity index is 2.16. The third-order valence-electron chi connectivity index (χ3n) is 5.45. The van der Waals surface area contributed by atoms with Crippen molar-refractivity contribution < 1.29 is 22.7 Å². The van der Waals surface area contributed by atoms with E-state index in [1.54, 1.807) is 36.1 Å². The largest absolute Gasteiger partial charge is 0.497 e. The third kappa shape index (κ3) is 7.76. The van der Waals surface area contributed by atoms with E-state index in [1.165, 1.54) is 11.4 Å². The molecule has 0 saturated heterocycles. The molecule has 9 heteroatoms. The van der Waals surface area contributed by atoms with E-state index in [-0.39, 0.29) is 24.8 Å². The molecule has 0 bridgehead atoms. The molecule has 0 saturated carbocycles. The molecular formula is C25H35N3O5S. The maximum absolute atomic E-state index is 13.2. The molecule has 0 radical (unpaired) electrons. The van der Waals surface area contributed by atoms with Gasteiger partial charge in [-0.25, -0.2) is 8.42 Å². The van der Waals surface area contributed by atoms with Crippen molar-refractivity contribution in [3.05, 3.63) is 59.7 Å². The van der Waals surface area contributed by atoms with Gasteiger partial charge in [0.25, 0.3) is 0 Å². The number of nitrogens with zero attached hydrogens (tertiary/aromatic N) is 2. The number of amides is 2. The van der Waals surface area contributed by atoms with Gasteiger partial charge >= 0.3 is 0 Å². The summed E-state index contributed by atoms with van der Waals surface area (Å²) >= 11 is 0. The van der Waals surface area contributed by atoms with E-state index in [0.717, 1.165) is 17.4 Å². The van der Waals surface area contributed by atoms with Crippen LogP contribution >= 0.6 is 0 Å². The van der Waals surface area contributed by atoms with E-state index >= 15 is 0 Å². The second-order valence-electron chi connectivity index (χ2n) is 8.22. The van der Waals surface area contributed by atoms with Crippen molar-refractivity contribution in [3.8, 4) is 5.75 Å². The Morgan fingerprint density at radius 3 is 2.44 bits per heavy atom. The van der Waals surface area contributed by atoms with Crippen LogP contribution in [0.2, 0.25) is 0 Å². The summed E-state index contributed by atoms with van der Waals surface area (Å²) in [6.07, 6.45) is 1.54. The van der Waals surface area contributed by atoms with E-state index in [2.05, 4.69) is 5.32 Å². The number of ether oxygens (including phenoxy) is 1. The second-order valence-corrected chi connectivity index (χ2v) is 10.1. The van der Waals surface area contributed by atoms with Gasteiger partial charge < -0.3 is 15.0 Å². The van der Waals surface area contributed by atoms with E-state index in [9.17, 15) is 18.0 Å². The summed E-state index contributed by atoms with van der Waals surface area (Å²) in [6.45, 7) is 6.41. The number of rotatable bonds is 12. The normalized spacial score (nSPS) is 12.0. The molecule has 0 heterocycles. The Morgan fingerprint density at radius 1 is 1.12 bits per heavy atom. The van der Waals surface area contributed by atoms with Gasteiger partial charge in [-0.15, -0.1) is 0 Å². The summed E-state index contributed by atoms with van der Waals surface area (Å²) in [4.78, 5) is 27.3. The summed E-state index contributed by atoms with van der Waals surface area (Å²) in [7, 11) is -2.05. The minimum absolute atomic E-state index is 0.103. The Labute approximate surface area is 202 Å². The zero-order chi connectivity index (χ0) is 25.3. The molecule has 0 aliphatic heterocycles. The van der Waals surface area contributed by atoms with Crippen LogP contribution in [0.25, 0.3) is 0 Å². The van der Waals surface area contributed by atoms with Crippen LogP contribution in [0.15, 0.2) is 48.5 Å². The van der Waals surface area contributed by atoms with Gasteiger partial charge in [0.1, 0.15) is 11.8 Å². The predicted octanol–water partition coefficient (Wildman–Crippen LogP) is 3.10. The summed E-state index contributed by atoms with van der Waals surface area (Å²) in [5, 5.41) is 2.77. The highest BCUT2D eigenvalue weighted by atomic mass is 32.2. The fourth-order valence-electron chi connectivity index (χ4n) is 3.68. The number of nitrogens with one attached hydrogen (secondary N) is 1. The van der Waals surface area contributed by atoms with Gasteiger partial charge in [-0.05, 0) is 44.9 Å². The highest BCUT2D eigenvalue weighted by Gasteiger charge is 2.26. The van der Waals surface area contributed by atoms with Crippen LogP contribution in [0, 0.1) is 6.92 Å². The van der Waals surface area contributed by atoms with Crippen molar-refractivity contribution in [1.29, 1.82) is 0 Å². The lowest BCUT2D eigenvalue weighted by Crippen LogP contribution is -2.47. The van der Waals surface area contributed by atoms with Crippen LogP contribution in [0.1, 0.15) is 37.8 Å². The highest BCUT2D eigenvalue weighted by molar-refractivity contribution is 7.92. The summed E-state index contributed by atoms with van der Waals surface area (Å²) in [6, 6.07) is 13.9. The van der Waals surface area contributed by atoms with Crippen LogP contribution in [0.3, 0.4) is 0 Å². The molecule has 0 aliphatic carbocycles. The first-order chi connectivity index (χ1) is 16.1. The number of hydrogen-bond donors (Lipinski definition) is 1. The zero-order valence-electron chi connectivity index (χ0n) is 20.6. The SMILES string of the molecule is CCNC(=O)[C@H](C)N(Cc1cccc(C)c1)C(=O)CCCN(c1cccc(OC)c1)S(C)(=O)=O. The minimum atomic E-state index is -3.56. The first-order valence-corrected chi connectivity index (χ1v) is 13.2. The number of methoxy groups -OCH3 is 1. The number of hydrogen-bond acceptors (Lipinski definition) is 5. The number of benzene rings is 2. The first kappa shape index (κ1) is 27.2. The molecule has 0 aliphatic rings. The van der Waals surface area contributed by atoms with Crippen molar-refractivity contribution >= 4 is 27.5 Å². The molecule has 1 N–H and O–H groups in total. The van der Waals surface area contributed by atoms with E-state index in [4.69, 9.17) is 4.74 Å². The summed E-state index contributed by atoms with van der Waals surface area (Å²) < 4.78 is 31.3. The van der Waals surface area contributed by atoms with Crippen LogP contribution in [0.5, 0.6) is 5.75 Å². The van der Waals surface area contributed by atoms with E-state index in [1.807, 2.05) is 38.1 Å². The van der Waals surface area contributed by atoms with E-state index in [0.29, 0.717) is 30.9 Å². The average molecular weight is 490 g/mol. The first-order valence-electron chi connectivity index (χ1n) is 11.3. The molecule has 8 nitrogen and oxygen atoms in total. The Morgan fingerprint density at radius 2 is 1.82 bits per heavy atom. The number of likely N-dealkylation sites (N-methyl/N-ethyl adjacent to an activating group) is 1. The molecular weight excluding hydrogens is 454 g/mol. The average Bonchev–Trinajstić information content (AvgIpc) is 2.79. The molecule has 0 unspecified atom stereocenters. The lowest BCUT2D eigenvalue weighted by atomic mass is 10.1. The van der Waals surface area contributed by atoms with Crippen molar-refractivity contribution in [1.82, 2.24) is 10.2 Å². The molecule has 186 valence electrons. The number of aryl methyl sites for hydroxylation is 1. The smallest absolute Gasteiger partial charge is 0.242 e. The molecule has 2 aromatic rings. The zero-order valence-corrected chi connectivity index (χ0v) is 21.4. The van der Waals surface area contributed by atoms with Crippen LogP contribution in [-0.2, 0) is 26.2 Å². The van der Waals surface area contributed by atoms with Crippen molar-refractivity contribution in [2.75, 3.05) is 30.8 Å². The fraction of sp³-hybridized carbons (Fsp3) is 0.440. The summed E-state index contributed by atoms with van der Waals surface area (Å²) in [5.74, 6) is 0.110. The van der Waals surface area contributed by atoms with Gasteiger partial charge in [-0.2, -0.15) is 0 Å². The van der Waals surface area contributed by atoms with E-state index < -0.39 is 16.1 Å². The lowest BCUT2D eigenvalue weighted by Gasteiger charge is -2.29. The molecule has 34 heavy (non-hydrogen) atoms. The van der Waals surface area contributed by atoms with Gasteiger partial charge in [-0.1, -0.05) is 35.9 Å². The van der Waals surface area contributed by atoms with Gasteiger partial charge in [0.2, 0.25) is 21.8 Å². The van der Waals surface area contributed by atoms with Gasteiger partial charge in [-0.3, -0.25) is 13.9 Å². The van der Waals surface area contributed by atoms with Gasteiger partial charge in [0.05, 0.1) is 19.1 Å². The number of carbonyl (C=O) groups is 2. The quantitative estimate of drug-likeness (QED) is 0.494.